The zero-order chi connectivity index (χ0) is 17.9. The molecule has 6 heteroatoms. The van der Waals surface area contributed by atoms with Gasteiger partial charge in [-0.15, -0.1) is 0 Å². The van der Waals surface area contributed by atoms with E-state index in [1.165, 1.54) is 0 Å². The van der Waals surface area contributed by atoms with Crippen LogP contribution in [-0.2, 0) is 24.6 Å². The van der Waals surface area contributed by atoms with Crippen LogP contribution >= 0.6 is 0 Å². The number of hydrogen-bond acceptors (Lipinski definition) is 6. The summed E-state index contributed by atoms with van der Waals surface area (Å²) in [6.45, 7) is 4.00. The van der Waals surface area contributed by atoms with Crippen molar-refractivity contribution >= 4 is 17.7 Å². The Hall–Kier alpha value is -2.21. The summed E-state index contributed by atoms with van der Waals surface area (Å²) in [7, 11) is 0. The summed E-state index contributed by atoms with van der Waals surface area (Å²) in [6.07, 6.45) is 0.0559. The minimum absolute atomic E-state index is 0.0547. The highest BCUT2D eigenvalue weighted by atomic mass is 16.5. The summed E-state index contributed by atoms with van der Waals surface area (Å²) >= 11 is 0. The van der Waals surface area contributed by atoms with Crippen LogP contribution in [0.3, 0.4) is 0 Å². The van der Waals surface area contributed by atoms with Gasteiger partial charge in [-0.1, -0.05) is 30.3 Å². The molecular weight excluding hydrogens is 322 g/mol. The summed E-state index contributed by atoms with van der Waals surface area (Å²) in [6, 6.07) is 9.26. The highest BCUT2D eigenvalue weighted by molar-refractivity contribution is 6.09. The van der Waals surface area contributed by atoms with Gasteiger partial charge in [0.15, 0.2) is 5.60 Å². The van der Waals surface area contributed by atoms with E-state index in [0.717, 1.165) is 5.56 Å². The number of benzene rings is 1. The van der Waals surface area contributed by atoms with Gasteiger partial charge in [0.1, 0.15) is 16.7 Å². The third-order valence-electron chi connectivity index (χ3n) is 5.94. The Labute approximate surface area is 145 Å². The van der Waals surface area contributed by atoms with Crippen molar-refractivity contribution in [3.8, 4) is 0 Å². The van der Waals surface area contributed by atoms with Crippen molar-refractivity contribution in [2.24, 2.45) is 16.3 Å². The number of Topliss-reactive ketones (excluding diaryl/α,β-unsaturated/α-hetero) is 1. The molecule has 4 rings (SSSR count). The zero-order valence-corrected chi connectivity index (χ0v) is 14.3. The molecule has 132 valence electrons. The monoisotopic (exact) mass is 343 g/mol. The number of rotatable bonds is 4. The first kappa shape index (κ1) is 16.3. The Morgan fingerprint density at radius 1 is 1.28 bits per heavy atom. The van der Waals surface area contributed by atoms with E-state index in [0.29, 0.717) is 6.61 Å². The van der Waals surface area contributed by atoms with Gasteiger partial charge in [0.05, 0.1) is 19.1 Å². The van der Waals surface area contributed by atoms with Gasteiger partial charge in [-0.25, -0.2) is 4.99 Å². The van der Waals surface area contributed by atoms with E-state index < -0.39 is 28.4 Å². The van der Waals surface area contributed by atoms with Gasteiger partial charge in [0.2, 0.25) is 5.90 Å². The number of carbonyl (C=O) groups is 2. The van der Waals surface area contributed by atoms with E-state index in [-0.39, 0.29) is 31.1 Å². The Morgan fingerprint density at radius 3 is 2.64 bits per heavy atom. The summed E-state index contributed by atoms with van der Waals surface area (Å²) in [5, 5.41) is 11.5. The molecule has 6 nitrogen and oxygen atoms in total. The van der Waals surface area contributed by atoms with E-state index in [4.69, 9.17) is 14.5 Å². The van der Waals surface area contributed by atoms with Gasteiger partial charge < -0.3 is 14.6 Å². The first-order chi connectivity index (χ1) is 12.0. The molecule has 4 bridgehead atoms. The van der Waals surface area contributed by atoms with Crippen molar-refractivity contribution in [2.45, 2.75) is 37.8 Å². The largest absolute Gasteiger partial charge is 0.479 e. The first-order valence-electron chi connectivity index (χ1n) is 8.69. The standard InChI is InChI=1S/C19H21NO5/c1-3-24-15-18(23)10-13-14(21)11-17(18,16(22)25-4-2)19(13,20-15)12-8-6-5-7-9-12/h5-9,13,23H,3-4,10-11H2,1-2H3/t13-,17+,18+,19-/m0/s1. The van der Waals surface area contributed by atoms with Crippen LogP contribution in [0.5, 0.6) is 0 Å². The van der Waals surface area contributed by atoms with Gasteiger partial charge >= 0.3 is 5.97 Å². The minimum atomic E-state index is -1.61. The van der Waals surface area contributed by atoms with Crippen LogP contribution in [0.25, 0.3) is 0 Å². The Morgan fingerprint density at radius 2 is 2.00 bits per heavy atom. The summed E-state index contributed by atoms with van der Waals surface area (Å²) in [5.41, 5.74) is -3.48. The fourth-order valence-corrected chi connectivity index (χ4v) is 5.08. The molecule has 2 saturated carbocycles. The molecule has 1 N–H and O–H groups in total. The van der Waals surface area contributed by atoms with Gasteiger partial charge in [0.25, 0.3) is 0 Å². The van der Waals surface area contributed by atoms with E-state index in [1.807, 2.05) is 30.3 Å². The van der Waals surface area contributed by atoms with Gasteiger partial charge in [-0.05, 0) is 25.8 Å². The number of nitrogens with zero attached hydrogens (tertiary/aromatic N) is 1. The Kier molecular flexibility index (Phi) is 3.35. The second-order valence-corrected chi connectivity index (χ2v) is 6.87. The minimum Gasteiger partial charge on any atom is -0.479 e. The molecule has 0 aromatic heterocycles. The number of ketones is 1. The topological polar surface area (TPSA) is 85.2 Å². The smallest absolute Gasteiger partial charge is 0.318 e. The molecule has 3 aliphatic rings. The molecule has 0 unspecified atom stereocenters. The second-order valence-electron chi connectivity index (χ2n) is 6.87. The molecule has 2 aliphatic carbocycles. The lowest BCUT2D eigenvalue weighted by Crippen LogP contribution is -2.57. The Balaban J connectivity index is 2.00. The van der Waals surface area contributed by atoms with Crippen LogP contribution in [0.4, 0.5) is 0 Å². The normalized spacial score (nSPS) is 38.0. The molecule has 25 heavy (non-hydrogen) atoms. The van der Waals surface area contributed by atoms with Crippen molar-refractivity contribution < 1.29 is 24.2 Å². The van der Waals surface area contributed by atoms with Crippen LogP contribution in [0.1, 0.15) is 32.3 Å². The average Bonchev–Trinajstić information content (AvgIpc) is 3.08. The number of aliphatic imine (C=N–C) groups is 1. The zero-order valence-electron chi connectivity index (χ0n) is 14.3. The summed E-state index contributed by atoms with van der Waals surface area (Å²) in [5.74, 6) is -1.03. The molecule has 1 aromatic carbocycles. The molecule has 1 aliphatic heterocycles. The number of carbonyl (C=O) groups excluding carboxylic acids is 2. The van der Waals surface area contributed by atoms with Crippen LogP contribution in [0, 0.1) is 11.3 Å². The van der Waals surface area contributed by atoms with E-state index >= 15 is 0 Å². The maximum absolute atomic E-state index is 13.1. The van der Waals surface area contributed by atoms with Crippen LogP contribution < -0.4 is 0 Å². The summed E-state index contributed by atoms with van der Waals surface area (Å²) < 4.78 is 10.9. The molecular formula is C19H21NO5. The fraction of sp³-hybridized carbons (Fsp3) is 0.526. The van der Waals surface area contributed by atoms with Crippen molar-refractivity contribution in [3.63, 3.8) is 0 Å². The maximum atomic E-state index is 13.1. The second kappa shape index (κ2) is 5.14. The van der Waals surface area contributed by atoms with Crippen molar-refractivity contribution in [1.82, 2.24) is 0 Å². The SMILES string of the molecule is CCOC(=O)[C@]12CC(=O)[C@@H]3C[C@@]1(O)C(OCC)=N[C@@]32c1ccccc1. The quantitative estimate of drug-likeness (QED) is 0.840. The van der Waals surface area contributed by atoms with E-state index in [2.05, 4.69) is 0 Å². The van der Waals surface area contributed by atoms with Crippen molar-refractivity contribution in [1.29, 1.82) is 0 Å². The molecule has 1 heterocycles. The molecule has 0 amide bonds. The average molecular weight is 343 g/mol. The molecule has 0 saturated heterocycles. The highest BCUT2D eigenvalue weighted by Crippen LogP contribution is 2.74. The van der Waals surface area contributed by atoms with Crippen molar-refractivity contribution in [2.75, 3.05) is 13.2 Å². The number of hydrogen-bond donors (Lipinski definition) is 1. The van der Waals surface area contributed by atoms with E-state index in [1.54, 1.807) is 13.8 Å². The number of aliphatic hydroxyl groups is 1. The molecule has 0 spiro atoms. The van der Waals surface area contributed by atoms with Crippen molar-refractivity contribution in [3.05, 3.63) is 35.9 Å². The van der Waals surface area contributed by atoms with Gasteiger partial charge in [0, 0.05) is 6.42 Å². The van der Waals surface area contributed by atoms with E-state index in [9.17, 15) is 14.7 Å². The van der Waals surface area contributed by atoms with Crippen LogP contribution in [0.15, 0.2) is 35.3 Å². The summed E-state index contributed by atoms with van der Waals surface area (Å²) in [4.78, 5) is 30.5. The molecule has 4 atom stereocenters. The lowest BCUT2D eigenvalue weighted by atomic mass is 9.65. The molecule has 1 aromatic rings. The predicted molar refractivity (Wildman–Crippen MR) is 88.9 cm³/mol. The van der Waals surface area contributed by atoms with Crippen LogP contribution in [0.2, 0.25) is 0 Å². The first-order valence-corrected chi connectivity index (χ1v) is 8.69. The molecule has 0 radical (unpaired) electrons. The fourth-order valence-electron chi connectivity index (χ4n) is 5.08. The van der Waals surface area contributed by atoms with Crippen LogP contribution in [-0.4, -0.2) is 41.6 Å². The number of ether oxygens (including phenoxy) is 2. The number of esters is 1. The van der Waals surface area contributed by atoms with Gasteiger partial charge in [-0.2, -0.15) is 0 Å². The lowest BCUT2D eigenvalue weighted by molar-refractivity contribution is -0.170. The maximum Gasteiger partial charge on any atom is 0.318 e. The molecule has 2 fully saturated rings. The lowest BCUT2D eigenvalue weighted by Gasteiger charge is -2.38. The highest BCUT2D eigenvalue weighted by Gasteiger charge is 2.88. The third-order valence-corrected chi connectivity index (χ3v) is 5.94. The predicted octanol–water partition coefficient (Wildman–Crippen LogP) is 1.60. The Bertz CT molecular complexity index is 775. The third kappa shape index (κ3) is 1.61. The van der Waals surface area contributed by atoms with Gasteiger partial charge in [-0.3, -0.25) is 9.59 Å².